The lowest BCUT2D eigenvalue weighted by molar-refractivity contribution is 0.183. The van der Waals surface area contributed by atoms with Gasteiger partial charge in [0.25, 0.3) is 0 Å². The van der Waals surface area contributed by atoms with Crippen molar-refractivity contribution in [3.8, 4) is 11.5 Å². The Morgan fingerprint density at radius 3 is 2.58 bits per heavy atom. The maximum atomic E-state index is 9.60. The zero-order chi connectivity index (χ0) is 14.5. The van der Waals surface area contributed by atoms with E-state index in [1.807, 2.05) is 12.1 Å². The van der Waals surface area contributed by atoms with Crippen molar-refractivity contribution in [1.29, 1.82) is 0 Å². The van der Waals surface area contributed by atoms with E-state index in [2.05, 4.69) is 25.7 Å². The number of rotatable bonds is 7. The monoisotopic (exact) mass is 266 g/mol. The lowest BCUT2D eigenvalue weighted by Crippen LogP contribution is -2.38. The van der Waals surface area contributed by atoms with Crippen molar-refractivity contribution in [3.63, 3.8) is 0 Å². The molecular weight excluding hydrogens is 240 g/mol. The number of ether oxygens (including phenoxy) is 1. The summed E-state index contributed by atoms with van der Waals surface area (Å²) in [5, 5.41) is 9.60. The van der Waals surface area contributed by atoms with E-state index < -0.39 is 0 Å². The summed E-state index contributed by atoms with van der Waals surface area (Å²) in [6.07, 6.45) is 0. The molecule has 0 heterocycles. The number of phenolic OH excluding ortho intramolecular Hbond substituents is 1. The predicted octanol–water partition coefficient (Wildman–Crippen LogP) is 2.21. The van der Waals surface area contributed by atoms with Crippen LogP contribution in [-0.4, -0.2) is 36.8 Å². The van der Waals surface area contributed by atoms with Crippen molar-refractivity contribution in [3.05, 3.63) is 23.8 Å². The van der Waals surface area contributed by atoms with E-state index in [-0.39, 0.29) is 11.2 Å². The van der Waals surface area contributed by atoms with Crippen molar-refractivity contribution in [2.75, 3.05) is 26.7 Å². The number of hydrogen-bond acceptors (Lipinski definition) is 4. The summed E-state index contributed by atoms with van der Waals surface area (Å²) in [5.74, 6) is 0.697. The Bertz CT molecular complexity index is 405. The Labute approximate surface area is 116 Å². The van der Waals surface area contributed by atoms with Gasteiger partial charge in [-0.25, -0.2) is 0 Å². The first-order chi connectivity index (χ1) is 8.91. The average Bonchev–Trinajstić information content (AvgIpc) is 2.39. The zero-order valence-electron chi connectivity index (χ0n) is 12.4. The van der Waals surface area contributed by atoms with E-state index >= 15 is 0 Å². The molecule has 0 aliphatic rings. The Hall–Kier alpha value is -1.26. The molecule has 1 rings (SSSR count). The number of methoxy groups -OCH3 is 1. The minimum atomic E-state index is 0.108. The summed E-state index contributed by atoms with van der Waals surface area (Å²) in [5.41, 5.74) is 7.03. The summed E-state index contributed by atoms with van der Waals surface area (Å²) in [4.78, 5) is 2.35. The molecule has 3 N–H and O–H groups in total. The highest BCUT2D eigenvalue weighted by molar-refractivity contribution is 5.41. The van der Waals surface area contributed by atoms with Crippen LogP contribution in [0.1, 0.15) is 26.3 Å². The third-order valence-corrected chi connectivity index (χ3v) is 3.30. The second-order valence-corrected chi connectivity index (χ2v) is 5.68. The quantitative estimate of drug-likeness (QED) is 0.794. The van der Waals surface area contributed by atoms with E-state index in [1.54, 1.807) is 13.2 Å². The second kappa shape index (κ2) is 6.78. The van der Waals surface area contributed by atoms with E-state index in [4.69, 9.17) is 10.5 Å². The van der Waals surface area contributed by atoms with Gasteiger partial charge in [-0.3, -0.25) is 4.90 Å². The average molecular weight is 266 g/mol. The molecule has 1 aromatic carbocycles. The van der Waals surface area contributed by atoms with E-state index in [1.165, 1.54) is 0 Å². The second-order valence-electron chi connectivity index (χ2n) is 5.68. The van der Waals surface area contributed by atoms with Crippen molar-refractivity contribution < 1.29 is 9.84 Å². The molecule has 1 aromatic rings. The Balaban J connectivity index is 2.76. The van der Waals surface area contributed by atoms with Crippen LogP contribution in [0.15, 0.2) is 18.2 Å². The normalized spacial score (nSPS) is 11.9. The molecule has 0 atom stereocenters. The number of benzene rings is 1. The zero-order valence-corrected chi connectivity index (χ0v) is 12.4. The molecule has 19 heavy (non-hydrogen) atoms. The molecule has 4 nitrogen and oxygen atoms in total. The fourth-order valence-electron chi connectivity index (χ4n) is 2.03. The molecule has 0 radical (unpaired) electrons. The smallest absolute Gasteiger partial charge is 0.160 e. The first-order valence-electron chi connectivity index (χ1n) is 6.70. The summed E-state index contributed by atoms with van der Waals surface area (Å²) in [6.45, 7) is 9.90. The van der Waals surface area contributed by atoms with Gasteiger partial charge in [0, 0.05) is 13.1 Å². The minimum absolute atomic E-state index is 0.108. The van der Waals surface area contributed by atoms with Gasteiger partial charge >= 0.3 is 0 Å². The van der Waals surface area contributed by atoms with Crippen molar-refractivity contribution in [2.45, 2.75) is 27.3 Å². The molecule has 0 bridgehead atoms. The fourth-order valence-corrected chi connectivity index (χ4v) is 2.03. The molecule has 4 heteroatoms. The van der Waals surface area contributed by atoms with Gasteiger partial charge < -0.3 is 15.6 Å². The molecule has 0 spiro atoms. The van der Waals surface area contributed by atoms with Crippen molar-refractivity contribution in [1.82, 2.24) is 4.90 Å². The van der Waals surface area contributed by atoms with E-state index in [9.17, 15) is 5.11 Å². The Morgan fingerprint density at radius 2 is 2.05 bits per heavy atom. The van der Waals surface area contributed by atoms with Crippen LogP contribution in [0.5, 0.6) is 11.5 Å². The highest BCUT2D eigenvalue weighted by Crippen LogP contribution is 2.27. The number of phenols is 1. The Morgan fingerprint density at radius 1 is 1.37 bits per heavy atom. The van der Waals surface area contributed by atoms with Gasteiger partial charge in [-0.1, -0.05) is 26.8 Å². The third kappa shape index (κ3) is 4.73. The molecule has 0 aliphatic heterocycles. The summed E-state index contributed by atoms with van der Waals surface area (Å²) in [6, 6.07) is 5.49. The minimum Gasteiger partial charge on any atom is -0.504 e. The van der Waals surface area contributed by atoms with Crippen LogP contribution >= 0.6 is 0 Å². The molecule has 0 saturated heterocycles. The van der Waals surface area contributed by atoms with Gasteiger partial charge in [0.05, 0.1) is 7.11 Å². The van der Waals surface area contributed by atoms with E-state index in [0.717, 1.165) is 25.2 Å². The van der Waals surface area contributed by atoms with Crippen LogP contribution in [0.25, 0.3) is 0 Å². The van der Waals surface area contributed by atoms with E-state index in [0.29, 0.717) is 12.3 Å². The predicted molar refractivity (Wildman–Crippen MR) is 78.4 cm³/mol. The topological polar surface area (TPSA) is 58.7 Å². The molecule has 0 unspecified atom stereocenters. The molecule has 0 saturated carbocycles. The number of nitrogens with two attached hydrogens (primary N) is 1. The molecule has 0 fully saturated rings. The van der Waals surface area contributed by atoms with Gasteiger partial charge in [0.1, 0.15) is 0 Å². The summed E-state index contributed by atoms with van der Waals surface area (Å²) < 4.78 is 5.13. The Kier molecular flexibility index (Phi) is 5.63. The van der Waals surface area contributed by atoms with Crippen LogP contribution in [0, 0.1) is 5.41 Å². The van der Waals surface area contributed by atoms with Gasteiger partial charge in [-0.2, -0.15) is 0 Å². The maximum Gasteiger partial charge on any atom is 0.160 e. The van der Waals surface area contributed by atoms with Crippen molar-refractivity contribution in [2.24, 2.45) is 11.1 Å². The molecule has 0 aliphatic carbocycles. The molecular formula is C15H26N2O2. The SMILES string of the molecule is CCN(Cc1ccc(O)c(OC)c1)CC(C)(C)CN. The molecule has 0 aromatic heterocycles. The molecule has 0 amide bonds. The van der Waals surface area contributed by atoms with Gasteiger partial charge in [-0.15, -0.1) is 0 Å². The highest BCUT2D eigenvalue weighted by Gasteiger charge is 2.19. The van der Waals surface area contributed by atoms with Crippen LogP contribution in [0.3, 0.4) is 0 Å². The van der Waals surface area contributed by atoms with Gasteiger partial charge in [-0.05, 0) is 36.2 Å². The fraction of sp³-hybridized carbons (Fsp3) is 0.600. The third-order valence-electron chi connectivity index (χ3n) is 3.30. The standard InChI is InChI=1S/C15H26N2O2/c1-5-17(11-15(2,3)10-16)9-12-6-7-13(18)14(8-12)19-4/h6-8,18H,5,9-11,16H2,1-4H3. The summed E-state index contributed by atoms with van der Waals surface area (Å²) in [7, 11) is 1.56. The van der Waals surface area contributed by atoms with Gasteiger partial charge in [0.2, 0.25) is 0 Å². The number of hydrogen-bond donors (Lipinski definition) is 2. The van der Waals surface area contributed by atoms with Crippen LogP contribution < -0.4 is 10.5 Å². The number of aromatic hydroxyl groups is 1. The highest BCUT2D eigenvalue weighted by atomic mass is 16.5. The van der Waals surface area contributed by atoms with Crippen molar-refractivity contribution >= 4 is 0 Å². The first kappa shape index (κ1) is 15.8. The number of nitrogens with zero attached hydrogens (tertiary/aromatic N) is 1. The maximum absolute atomic E-state index is 9.60. The lowest BCUT2D eigenvalue weighted by atomic mass is 9.93. The molecule has 108 valence electrons. The van der Waals surface area contributed by atoms with Crippen LogP contribution in [-0.2, 0) is 6.54 Å². The first-order valence-corrected chi connectivity index (χ1v) is 6.70. The lowest BCUT2D eigenvalue weighted by Gasteiger charge is -2.31. The van der Waals surface area contributed by atoms with Crippen LogP contribution in [0.4, 0.5) is 0 Å². The summed E-state index contributed by atoms with van der Waals surface area (Å²) >= 11 is 0. The largest absolute Gasteiger partial charge is 0.504 e. The van der Waals surface area contributed by atoms with Gasteiger partial charge in [0.15, 0.2) is 11.5 Å². The van der Waals surface area contributed by atoms with Crippen LogP contribution in [0.2, 0.25) is 0 Å².